The van der Waals surface area contributed by atoms with Gasteiger partial charge in [0, 0.05) is 24.9 Å². The summed E-state index contributed by atoms with van der Waals surface area (Å²) in [5.41, 5.74) is 2.75. The van der Waals surface area contributed by atoms with E-state index >= 15 is 0 Å². The van der Waals surface area contributed by atoms with E-state index in [2.05, 4.69) is 46.9 Å². The monoisotopic (exact) mass is 319 g/mol. The second-order valence-electron chi connectivity index (χ2n) is 5.92. The van der Waals surface area contributed by atoms with Crippen molar-refractivity contribution in [3.05, 3.63) is 29.8 Å². The van der Waals surface area contributed by atoms with Crippen molar-refractivity contribution in [3.63, 3.8) is 0 Å². The highest BCUT2D eigenvalue weighted by Gasteiger charge is 2.29. The van der Waals surface area contributed by atoms with Crippen LogP contribution in [-0.4, -0.2) is 24.2 Å². The van der Waals surface area contributed by atoms with E-state index in [0.717, 1.165) is 38.2 Å². The van der Waals surface area contributed by atoms with E-state index in [-0.39, 0.29) is 5.41 Å². The summed E-state index contributed by atoms with van der Waals surface area (Å²) in [7, 11) is 0. The largest absolute Gasteiger partial charge is 0.330 e. The van der Waals surface area contributed by atoms with Crippen LogP contribution in [0.25, 0.3) is 0 Å². The summed E-state index contributed by atoms with van der Waals surface area (Å²) < 4.78 is 3.24. The van der Waals surface area contributed by atoms with Crippen LogP contribution in [0.3, 0.4) is 0 Å². The number of nitrogens with one attached hydrogen (secondary N) is 1. The SMILES string of the molecule is CC.CSNc1ccc(CN2CCC(C)(CC#N)CC2)cc1. The zero-order valence-electron chi connectivity index (χ0n) is 14.4. The first kappa shape index (κ1) is 18.9. The standard InChI is InChI=1S/C16H23N3S.C2H6/c1-16(7-10-17)8-11-19(12-9-16)13-14-3-5-15(6-4-14)18-20-2;1-2/h3-6,18H,7-9,11-13H2,1-2H3;1-2H3. The maximum Gasteiger partial charge on any atom is 0.0627 e. The van der Waals surface area contributed by atoms with Crippen molar-refractivity contribution in [2.24, 2.45) is 5.41 Å². The molecule has 122 valence electrons. The lowest BCUT2D eigenvalue weighted by Crippen LogP contribution is -2.38. The average molecular weight is 320 g/mol. The second-order valence-corrected chi connectivity index (χ2v) is 6.54. The molecule has 0 aliphatic carbocycles. The Labute approximate surface area is 140 Å². The maximum atomic E-state index is 8.88. The number of hydrogen-bond donors (Lipinski definition) is 1. The van der Waals surface area contributed by atoms with Crippen LogP contribution in [0.1, 0.15) is 45.6 Å². The summed E-state index contributed by atoms with van der Waals surface area (Å²) in [5.74, 6) is 0. The van der Waals surface area contributed by atoms with Gasteiger partial charge in [-0.2, -0.15) is 5.26 Å². The number of benzene rings is 1. The van der Waals surface area contributed by atoms with E-state index in [9.17, 15) is 0 Å². The van der Waals surface area contributed by atoms with Crippen molar-refractivity contribution >= 4 is 17.6 Å². The van der Waals surface area contributed by atoms with Crippen LogP contribution in [-0.2, 0) is 6.54 Å². The van der Waals surface area contributed by atoms with Crippen molar-refractivity contribution in [1.82, 2.24) is 4.90 Å². The summed E-state index contributed by atoms with van der Waals surface area (Å²) in [5, 5.41) is 8.88. The van der Waals surface area contributed by atoms with Gasteiger partial charge in [0.15, 0.2) is 0 Å². The molecule has 0 spiro atoms. The average Bonchev–Trinajstić information content (AvgIpc) is 2.54. The lowest BCUT2D eigenvalue weighted by Gasteiger charge is -2.38. The van der Waals surface area contributed by atoms with Gasteiger partial charge >= 0.3 is 0 Å². The fourth-order valence-electron chi connectivity index (χ4n) is 2.67. The fraction of sp³-hybridized carbons (Fsp3) is 0.611. The fourth-order valence-corrected chi connectivity index (χ4v) is 3.04. The Morgan fingerprint density at radius 2 is 1.82 bits per heavy atom. The molecule has 1 N–H and O–H groups in total. The van der Waals surface area contributed by atoms with Crippen LogP contribution < -0.4 is 4.72 Å². The van der Waals surface area contributed by atoms with Crippen molar-refractivity contribution in [3.8, 4) is 6.07 Å². The molecule has 0 amide bonds. The molecule has 1 aromatic carbocycles. The van der Waals surface area contributed by atoms with Crippen LogP contribution >= 0.6 is 11.9 Å². The Hall–Kier alpha value is -1.18. The van der Waals surface area contributed by atoms with Crippen molar-refractivity contribution in [2.45, 2.75) is 46.6 Å². The normalized spacial score (nSPS) is 17.0. The van der Waals surface area contributed by atoms with Gasteiger partial charge < -0.3 is 4.72 Å². The lowest BCUT2D eigenvalue weighted by molar-refractivity contribution is 0.116. The van der Waals surface area contributed by atoms with Crippen LogP contribution in [0.5, 0.6) is 0 Å². The summed E-state index contributed by atoms with van der Waals surface area (Å²) in [6.45, 7) is 9.46. The number of nitriles is 1. The Morgan fingerprint density at radius 1 is 1.23 bits per heavy atom. The van der Waals surface area contributed by atoms with Crippen molar-refractivity contribution in [1.29, 1.82) is 5.26 Å². The lowest BCUT2D eigenvalue weighted by atomic mass is 9.78. The van der Waals surface area contributed by atoms with Gasteiger partial charge in [-0.3, -0.25) is 4.90 Å². The Morgan fingerprint density at radius 3 is 2.32 bits per heavy atom. The molecule has 1 aliphatic rings. The summed E-state index contributed by atoms with van der Waals surface area (Å²) >= 11 is 1.61. The van der Waals surface area contributed by atoms with Crippen LogP contribution in [0.4, 0.5) is 5.69 Å². The molecule has 3 nitrogen and oxygen atoms in total. The molecule has 0 saturated carbocycles. The second kappa shape index (κ2) is 9.76. The van der Waals surface area contributed by atoms with Gasteiger partial charge in [0.25, 0.3) is 0 Å². The molecule has 1 aromatic rings. The van der Waals surface area contributed by atoms with E-state index in [1.54, 1.807) is 11.9 Å². The topological polar surface area (TPSA) is 39.1 Å². The van der Waals surface area contributed by atoms with E-state index in [4.69, 9.17) is 5.26 Å². The molecule has 1 saturated heterocycles. The van der Waals surface area contributed by atoms with E-state index in [1.165, 1.54) is 5.56 Å². The third-order valence-corrected chi connectivity index (χ3v) is 4.59. The van der Waals surface area contributed by atoms with Gasteiger partial charge in [-0.15, -0.1) is 0 Å². The molecule has 4 heteroatoms. The highest BCUT2D eigenvalue weighted by atomic mass is 32.2. The first-order chi connectivity index (χ1) is 10.6. The molecule has 0 unspecified atom stereocenters. The number of likely N-dealkylation sites (tertiary alicyclic amines) is 1. The Balaban J connectivity index is 0.00000116. The van der Waals surface area contributed by atoms with E-state index in [0.29, 0.717) is 6.42 Å². The minimum absolute atomic E-state index is 0.234. The molecule has 0 radical (unpaired) electrons. The maximum absolute atomic E-state index is 8.88. The molecule has 0 bridgehead atoms. The third kappa shape index (κ3) is 5.90. The first-order valence-corrected chi connectivity index (χ1v) is 9.35. The molecular weight excluding hydrogens is 290 g/mol. The highest BCUT2D eigenvalue weighted by molar-refractivity contribution is 7.99. The Kier molecular flexibility index (Phi) is 8.37. The number of anilines is 1. The van der Waals surface area contributed by atoms with Gasteiger partial charge in [-0.05, 0) is 49.0 Å². The van der Waals surface area contributed by atoms with E-state index in [1.807, 2.05) is 20.1 Å². The van der Waals surface area contributed by atoms with Crippen LogP contribution in [0.2, 0.25) is 0 Å². The minimum Gasteiger partial charge on any atom is -0.330 e. The molecule has 1 fully saturated rings. The first-order valence-electron chi connectivity index (χ1n) is 8.12. The van der Waals surface area contributed by atoms with Crippen molar-refractivity contribution < 1.29 is 0 Å². The zero-order valence-corrected chi connectivity index (χ0v) is 15.2. The predicted molar refractivity (Wildman–Crippen MR) is 97.8 cm³/mol. The van der Waals surface area contributed by atoms with Crippen LogP contribution in [0.15, 0.2) is 24.3 Å². The molecule has 22 heavy (non-hydrogen) atoms. The number of nitrogens with zero attached hydrogens (tertiary/aromatic N) is 2. The zero-order chi connectivity index (χ0) is 16.4. The number of hydrogen-bond acceptors (Lipinski definition) is 4. The molecule has 1 heterocycles. The number of rotatable bonds is 5. The predicted octanol–water partition coefficient (Wildman–Crippen LogP) is 4.92. The Bertz CT molecular complexity index is 456. The minimum atomic E-state index is 0.234. The molecular formula is C18H29N3S. The quantitative estimate of drug-likeness (QED) is 0.782. The van der Waals surface area contributed by atoms with Gasteiger partial charge in [0.1, 0.15) is 0 Å². The van der Waals surface area contributed by atoms with Gasteiger partial charge in [-0.1, -0.05) is 44.9 Å². The smallest absolute Gasteiger partial charge is 0.0627 e. The molecule has 2 rings (SSSR count). The van der Waals surface area contributed by atoms with Gasteiger partial charge in [0.2, 0.25) is 0 Å². The molecule has 0 aromatic heterocycles. The van der Waals surface area contributed by atoms with Gasteiger partial charge in [0.05, 0.1) is 6.07 Å². The molecule has 1 aliphatic heterocycles. The highest BCUT2D eigenvalue weighted by Crippen LogP contribution is 2.34. The summed E-state index contributed by atoms with van der Waals surface area (Å²) in [4.78, 5) is 2.50. The third-order valence-electron chi connectivity index (χ3n) is 4.15. The van der Waals surface area contributed by atoms with Crippen LogP contribution in [0, 0.1) is 16.7 Å². The molecule has 0 atom stereocenters. The summed E-state index contributed by atoms with van der Waals surface area (Å²) in [6.07, 6.45) is 4.98. The summed E-state index contributed by atoms with van der Waals surface area (Å²) in [6, 6.07) is 11.0. The van der Waals surface area contributed by atoms with Gasteiger partial charge in [-0.25, -0.2) is 0 Å². The van der Waals surface area contributed by atoms with E-state index < -0.39 is 0 Å². The van der Waals surface area contributed by atoms with Crippen molar-refractivity contribution in [2.75, 3.05) is 24.1 Å². The number of piperidine rings is 1.